The van der Waals surface area contributed by atoms with Gasteiger partial charge in [-0.25, -0.2) is 0 Å². The fourth-order valence-corrected chi connectivity index (χ4v) is 0.871. The molecular formula is C8H12F3NO2. The van der Waals surface area contributed by atoms with Crippen LogP contribution in [-0.4, -0.2) is 35.9 Å². The molecule has 0 saturated carbocycles. The van der Waals surface area contributed by atoms with Crippen LogP contribution >= 0.6 is 0 Å². The maximum atomic E-state index is 11.9. The SMILES string of the molecule is CCC(=O)C(=O)N(CC)CC(F)(F)F. The molecule has 0 N–H and O–H groups in total. The first-order valence-electron chi connectivity index (χ1n) is 4.20. The molecule has 6 heteroatoms. The molecule has 0 aliphatic heterocycles. The van der Waals surface area contributed by atoms with Gasteiger partial charge >= 0.3 is 6.18 Å². The number of nitrogens with zero attached hydrogens (tertiary/aromatic N) is 1. The Morgan fingerprint density at radius 1 is 1.21 bits per heavy atom. The van der Waals surface area contributed by atoms with Crippen molar-refractivity contribution in [3.05, 3.63) is 0 Å². The number of amides is 1. The molecule has 0 atom stereocenters. The van der Waals surface area contributed by atoms with Crippen LogP contribution in [-0.2, 0) is 9.59 Å². The highest BCUT2D eigenvalue weighted by atomic mass is 19.4. The monoisotopic (exact) mass is 211 g/mol. The molecule has 82 valence electrons. The average Bonchev–Trinajstić information content (AvgIpc) is 2.10. The van der Waals surface area contributed by atoms with E-state index < -0.39 is 24.4 Å². The van der Waals surface area contributed by atoms with Crippen molar-refractivity contribution >= 4 is 11.7 Å². The summed E-state index contributed by atoms with van der Waals surface area (Å²) in [4.78, 5) is 22.4. The summed E-state index contributed by atoms with van der Waals surface area (Å²) in [6.45, 7) is 1.34. The number of Topliss-reactive ketones (excluding diaryl/α,β-unsaturated/α-hetero) is 1. The van der Waals surface area contributed by atoms with E-state index in [0.29, 0.717) is 4.90 Å². The molecule has 0 aromatic carbocycles. The van der Waals surface area contributed by atoms with Gasteiger partial charge in [0.05, 0.1) is 0 Å². The predicted octanol–water partition coefficient (Wildman–Crippen LogP) is 1.38. The van der Waals surface area contributed by atoms with Crippen LogP contribution in [0.25, 0.3) is 0 Å². The highest BCUT2D eigenvalue weighted by molar-refractivity contribution is 6.35. The van der Waals surface area contributed by atoms with Crippen molar-refractivity contribution < 1.29 is 22.8 Å². The topological polar surface area (TPSA) is 37.4 Å². The van der Waals surface area contributed by atoms with Gasteiger partial charge in [0, 0.05) is 13.0 Å². The molecule has 0 spiro atoms. The van der Waals surface area contributed by atoms with Gasteiger partial charge in [-0.3, -0.25) is 9.59 Å². The molecule has 0 rings (SSSR count). The first kappa shape index (κ1) is 12.9. The molecule has 0 radical (unpaired) electrons. The zero-order valence-corrected chi connectivity index (χ0v) is 8.02. The van der Waals surface area contributed by atoms with E-state index >= 15 is 0 Å². The molecule has 0 heterocycles. The van der Waals surface area contributed by atoms with Crippen LogP contribution in [0.4, 0.5) is 13.2 Å². The quantitative estimate of drug-likeness (QED) is 0.659. The number of halogens is 3. The Kier molecular flexibility index (Phi) is 4.59. The molecule has 0 saturated heterocycles. The van der Waals surface area contributed by atoms with E-state index in [0.717, 1.165) is 0 Å². The summed E-state index contributed by atoms with van der Waals surface area (Å²) in [5.41, 5.74) is 0. The van der Waals surface area contributed by atoms with Crippen molar-refractivity contribution in [1.29, 1.82) is 0 Å². The lowest BCUT2D eigenvalue weighted by atomic mass is 10.2. The number of alkyl halides is 3. The normalized spacial score (nSPS) is 11.2. The van der Waals surface area contributed by atoms with Gasteiger partial charge in [0.1, 0.15) is 6.54 Å². The van der Waals surface area contributed by atoms with Gasteiger partial charge in [0.2, 0.25) is 5.78 Å². The Hall–Kier alpha value is -1.07. The molecule has 3 nitrogen and oxygen atoms in total. The van der Waals surface area contributed by atoms with Gasteiger partial charge in [0.25, 0.3) is 5.91 Å². The lowest BCUT2D eigenvalue weighted by molar-refractivity contribution is -0.163. The highest BCUT2D eigenvalue weighted by Gasteiger charge is 2.33. The number of carbonyl (C=O) groups excluding carboxylic acids is 2. The van der Waals surface area contributed by atoms with Crippen LogP contribution < -0.4 is 0 Å². The minimum Gasteiger partial charge on any atom is -0.327 e. The smallest absolute Gasteiger partial charge is 0.327 e. The maximum Gasteiger partial charge on any atom is 0.406 e. The first-order valence-corrected chi connectivity index (χ1v) is 4.20. The lowest BCUT2D eigenvalue weighted by Crippen LogP contribution is -2.42. The maximum absolute atomic E-state index is 11.9. The van der Waals surface area contributed by atoms with Gasteiger partial charge < -0.3 is 4.90 Å². The number of carbonyl (C=O) groups is 2. The Morgan fingerprint density at radius 2 is 1.71 bits per heavy atom. The predicted molar refractivity (Wildman–Crippen MR) is 43.6 cm³/mol. The Bertz CT molecular complexity index is 225. The van der Waals surface area contributed by atoms with Gasteiger partial charge in [-0.05, 0) is 6.92 Å². The Labute approximate surface area is 79.9 Å². The number of hydrogen-bond donors (Lipinski definition) is 0. The second-order valence-electron chi connectivity index (χ2n) is 2.71. The number of likely N-dealkylation sites (N-methyl/N-ethyl adjacent to an activating group) is 1. The number of ketones is 1. The molecular weight excluding hydrogens is 199 g/mol. The van der Waals surface area contributed by atoms with Crippen LogP contribution in [0, 0.1) is 0 Å². The summed E-state index contributed by atoms with van der Waals surface area (Å²) in [5, 5.41) is 0. The highest BCUT2D eigenvalue weighted by Crippen LogP contribution is 2.16. The van der Waals surface area contributed by atoms with Crippen molar-refractivity contribution in [2.75, 3.05) is 13.1 Å². The molecule has 0 aliphatic carbocycles. The third-order valence-corrected chi connectivity index (χ3v) is 1.60. The fourth-order valence-electron chi connectivity index (χ4n) is 0.871. The van der Waals surface area contributed by atoms with E-state index in [9.17, 15) is 22.8 Å². The van der Waals surface area contributed by atoms with E-state index in [4.69, 9.17) is 0 Å². The summed E-state index contributed by atoms with van der Waals surface area (Å²) in [6, 6.07) is 0. The second-order valence-corrected chi connectivity index (χ2v) is 2.71. The van der Waals surface area contributed by atoms with Crippen molar-refractivity contribution in [2.24, 2.45) is 0 Å². The van der Waals surface area contributed by atoms with Gasteiger partial charge in [-0.1, -0.05) is 6.92 Å². The molecule has 0 bridgehead atoms. The molecule has 0 aliphatic rings. The fraction of sp³-hybridized carbons (Fsp3) is 0.750. The first-order chi connectivity index (χ1) is 6.31. The summed E-state index contributed by atoms with van der Waals surface area (Å²) < 4.78 is 35.7. The molecule has 14 heavy (non-hydrogen) atoms. The zero-order valence-electron chi connectivity index (χ0n) is 8.02. The molecule has 0 fully saturated rings. The zero-order chi connectivity index (χ0) is 11.4. The van der Waals surface area contributed by atoms with Crippen LogP contribution in [0.15, 0.2) is 0 Å². The van der Waals surface area contributed by atoms with Crippen LogP contribution in [0.5, 0.6) is 0 Å². The average molecular weight is 211 g/mol. The molecule has 1 amide bonds. The van der Waals surface area contributed by atoms with E-state index in [1.165, 1.54) is 13.8 Å². The van der Waals surface area contributed by atoms with Crippen molar-refractivity contribution in [3.63, 3.8) is 0 Å². The van der Waals surface area contributed by atoms with Crippen molar-refractivity contribution in [3.8, 4) is 0 Å². The number of rotatable bonds is 4. The van der Waals surface area contributed by atoms with Crippen LogP contribution in [0.2, 0.25) is 0 Å². The van der Waals surface area contributed by atoms with Crippen molar-refractivity contribution in [2.45, 2.75) is 26.4 Å². The van der Waals surface area contributed by atoms with Gasteiger partial charge in [-0.15, -0.1) is 0 Å². The van der Waals surface area contributed by atoms with Crippen LogP contribution in [0.3, 0.4) is 0 Å². The standard InChI is InChI=1S/C8H12F3NO2/c1-3-6(13)7(14)12(4-2)5-8(9,10)11/h3-5H2,1-2H3. The molecule has 0 aromatic heterocycles. The van der Waals surface area contributed by atoms with E-state index in [2.05, 4.69) is 0 Å². The molecule has 0 aromatic rings. The minimum absolute atomic E-state index is 0.0762. The van der Waals surface area contributed by atoms with Gasteiger partial charge in [-0.2, -0.15) is 13.2 Å². The Balaban J connectivity index is 4.42. The minimum atomic E-state index is -4.46. The molecule has 0 unspecified atom stereocenters. The van der Waals surface area contributed by atoms with E-state index in [-0.39, 0.29) is 13.0 Å². The summed E-state index contributed by atoms with van der Waals surface area (Å²) in [7, 11) is 0. The van der Waals surface area contributed by atoms with Gasteiger partial charge in [0.15, 0.2) is 0 Å². The largest absolute Gasteiger partial charge is 0.406 e. The summed E-state index contributed by atoms with van der Waals surface area (Å²) in [6.07, 6.45) is -4.53. The van der Waals surface area contributed by atoms with E-state index in [1.807, 2.05) is 0 Å². The third kappa shape index (κ3) is 4.25. The summed E-state index contributed by atoms with van der Waals surface area (Å²) >= 11 is 0. The Morgan fingerprint density at radius 3 is 2.00 bits per heavy atom. The summed E-state index contributed by atoms with van der Waals surface area (Å²) in [5.74, 6) is -1.86. The van der Waals surface area contributed by atoms with Crippen LogP contribution in [0.1, 0.15) is 20.3 Å². The second kappa shape index (κ2) is 4.97. The van der Waals surface area contributed by atoms with E-state index in [1.54, 1.807) is 0 Å². The lowest BCUT2D eigenvalue weighted by Gasteiger charge is -2.21. The number of hydrogen-bond acceptors (Lipinski definition) is 2. The van der Waals surface area contributed by atoms with Crippen molar-refractivity contribution in [1.82, 2.24) is 4.90 Å². The third-order valence-electron chi connectivity index (χ3n) is 1.60.